The zero-order valence-electron chi connectivity index (χ0n) is 9.75. The Hall–Kier alpha value is -1.95. The summed E-state index contributed by atoms with van der Waals surface area (Å²) < 4.78 is 10.3. The van der Waals surface area contributed by atoms with Crippen molar-refractivity contribution >= 4 is 0 Å². The van der Waals surface area contributed by atoms with Gasteiger partial charge in [0.25, 0.3) is 5.89 Å². The van der Waals surface area contributed by atoms with Crippen molar-refractivity contribution < 1.29 is 9.26 Å². The minimum atomic E-state index is -0.208. The second-order valence-corrected chi connectivity index (χ2v) is 3.55. The van der Waals surface area contributed by atoms with E-state index in [1.54, 1.807) is 25.6 Å². The number of nitrogens with two attached hydrogens (primary N) is 1. The maximum absolute atomic E-state index is 5.83. The first-order chi connectivity index (χ1) is 8.26. The Morgan fingerprint density at radius 1 is 1.53 bits per heavy atom. The minimum absolute atomic E-state index is 0.208. The molecule has 1 atom stereocenters. The van der Waals surface area contributed by atoms with Gasteiger partial charge in [-0.3, -0.25) is 4.98 Å². The fourth-order valence-electron chi connectivity index (χ4n) is 1.40. The molecule has 2 aromatic rings. The molecule has 2 rings (SSSR count). The molecule has 1 unspecified atom stereocenters. The second kappa shape index (κ2) is 4.92. The van der Waals surface area contributed by atoms with Gasteiger partial charge in [-0.1, -0.05) is 12.1 Å². The highest BCUT2D eigenvalue weighted by atomic mass is 16.5. The van der Waals surface area contributed by atoms with Crippen LogP contribution in [-0.2, 0) is 0 Å². The van der Waals surface area contributed by atoms with E-state index in [1.165, 1.54) is 0 Å². The molecule has 0 spiro atoms. The van der Waals surface area contributed by atoms with Crippen LogP contribution in [0.1, 0.15) is 25.2 Å². The molecule has 90 valence electrons. The molecule has 0 radical (unpaired) electrons. The Bertz CT molecular complexity index is 498. The third kappa shape index (κ3) is 2.26. The largest absolute Gasteiger partial charge is 0.494 e. The van der Waals surface area contributed by atoms with Gasteiger partial charge >= 0.3 is 0 Å². The summed E-state index contributed by atoms with van der Waals surface area (Å²) in [6, 6.07) is 1.55. The second-order valence-electron chi connectivity index (χ2n) is 3.55. The molecule has 6 nitrogen and oxygen atoms in total. The van der Waals surface area contributed by atoms with Crippen LogP contribution in [0.2, 0.25) is 0 Å². The standard InChI is InChI=1S/C11H14N4O2/c1-3-8(12)10-14-11(17-15-10)7-4-5-13-6-9(7)16-2/h4-6,8H,3,12H2,1-2H3. The van der Waals surface area contributed by atoms with Crippen LogP contribution in [0.25, 0.3) is 11.5 Å². The Morgan fingerprint density at radius 2 is 2.35 bits per heavy atom. The lowest BCUT2D eigenvalue weighted by molar-refractivity contribution is 0.399. The minimum Gasteiger partial charge on any atom is -0.494 e. The van der Waals surface area contributed by atoms with Crippen molar-refractivity contribution in [3.8, 4) is 17.2 Å². The van der Waals surface area contributed by atoms with Crippen LogP contribution in [0.4, 0.5) is 0 Å². The van der Waals surface area contributed by atoms with Crippen molar-refractivity contribution in [2.24, 2.45) is 5.73 Å². The van der Waals surface area contributed by atoms with E-state index in [0.29, 0.717) is 23.0 Å². The Labute approximate surface area is 98.8 Å². The number of pyridine rings is 1. The lowest BCUT2D eigenvalue weighted by atomic mass is 10.2. The van der Waals surface area contributed by atoms with Gasteiger partial charge < -0.3 is 15.0 Å². The third-order valence-electron chi connectivity index (χ3n) is 2.45. The first kappa shape index (κ1) is 11.5. The summed E-state index contributed by atoms with van der Waals surface area (Å²) in [4.78, 5) is 8.21. The van der Waals surface area contributed by atoms with E-state index < -0.39 is 0 Å². The molecule has 0 fully saturated rings. The molecule has 0 aliphatic carbocycles. The predicted octanol–water partition coefficient (Wildman–Crippen LogP) is 1.55. The van der Waals surface area contributed by atoms with Gasteiger partial charge in [-0.2, -0.15) is 4.98 Å². The fraction of sp³-hybridized carbons (Fsp3) is 0.364. The highest BCUT2D eigenvalue weighted by molar-refractivity contribution is 5.61. The molecule has 17 heavy (non-hydrogen) atoms. The zero-order chi connectivity index (χ0) is 12.3. The van der Waals surface area contributed by atoms with Crippen LogP contribution in [0.5, 0.6) is 5.75 Å². The lowest BCUT2D eigenvalue weighted by Crippen LogP contribution is -2.10. The topological polar surface area (TPSA) is 87.1 Å². The number of nitrogens with zero attached hydrogens (tertiary/aromatic N) is 3. The number of aromatic nitrogens is 3. The van der Waals surface area contributed by atoms with E-state index in [1.807, 2.05) is 6.92 Å². The van der Waals surface area contributed by atoms with Crippen LogP contribution < -0.4 is 10.5 Å². The number of ether oxygens (including phenoxy) is 1. The van der Waals surface area contributed by atoms with Gasteiger partial charge in [0, 0.05) is 6.20 Å². The highest BCUT2D eigenvalue weighted by Crippen LogP contribution is 2.27. The van der Waals surface area contributed by atoms with Crippen molar-refractivity contribution in [1.29, 1.82) is 0 Å². The first-order valence-electron chi connectivity index (χ1n) is 5.33. The maximum Gasteiger partial charge on any atom is 0.261 e. The van der Waals surface area contributed by atoms with Gasteiger partial charge in [-0.15, -0.1) is 0 Å². The van der Waals surface area contributed by atoms with Gasteiger partial charge in [0.2, 0.25) is 0 Å². The highest BCUT2D eigenvalue weighted by Gasteiger charge is 2.16. The number of rotatable bonds is 4. The normalized spacial score (nSPS) is 12.4. The molecular formula is C11H14N4O2. The third-order valence-corrected chi connectivity index (χ3v) is 2.45. The van der Waals surface area contributed by atoms with E-state index in [4.69, 9.17) is 15.0 Å². The number of hydrogen-bond acceptors (Lipinski definition) is 6. The molecule has 0 saturated carbocycles. The number of hydrogen-bond donors (Lipinski definition) is 1. The molecule has 2 aromatic heterocycles. The molecular weight excluding hydrogens is 220 g/mol. The Morgan fingerprint density at radius 3 is 3.06 bits per heavy atom. The molecule has 0 amide bonds. The van der Waals surface area contributed by atoms with E-state index in [9.17, 15) is 0 Å². The predicted molar refractivity (Wildman–Crippen MR) is 61.3 cm³/mol. The maximum atomic E-state index is 5.83. The molecule has 0 aliphatic rings. The summed E-state index contributed by atoms with van der Waals surface area (Å²) >= 11 is 0. The Kier molecular flexibility index (Phi) is 3.34. The fourth-order valence-corrected chi connectivity index (χ4v) is 1.40. The van der Waals surface area contributed by atoms with Crippen LogP contribution >= 0.6 is 0 Å². The van der Waals surface area contributed by atoms with E-state index in [0.717, 1.165) is 6.42 Å². The molecule has 0 bridgehead atoms. The Balaban J connectivity index is 2.37. The van der Waals surface area contributed by atoms with Crippen molar-refractivity contribution in [1.82, 2.24) is 15.1 Å². The van der Waals surface area contributed by atoms with Gasteiger partial charge in [-0.25, -0.2) is 0 Å². The molecule has 0 aromatic carbocycles. The number of methoxy groups -OCH3 is 1. The molecule has 2 N–H and O–H groups in total. The van der Waals surface area contributed by atoms with Crippen LogP contribution in [0.15, 0.2) is 23.0 Å². The molecule has 0 aliphatic heterocycles. The van der Waals surface area contributed by atoms with Gasteiger partial charge in [0.05, 0.1) is 24.9 Å². The first-order valence-corrected chi connectivity index (χ1v) is 5.33. The smallest absolute Gasteiger partial charge is 0.261 e. The average Bonchev–Trinajstić information content (AvgIpc) is 2.87. The van der Waals surface area contributed by atoms with Crippen LogP contribution in [0, 0.1) is 0 Å². The van der Waals surface area contributed by atoms with Gasteiger partial charge in [0.1, 0.15) is 5.75 Å². The van der Waals surface area contributed by atoms with E-state index in [2.05, 4.69) is 15.1 Å². The zero-order valence-corrected chi connectivity index (χ0v) is 9.75. The molecule has 6 heteroatoms. The summed E-state index contributed by atoms with van der Waals surface area (Å²) in [7, 11) is 1.57. The molecule has 0 saturated heterocycles. The summed E-state index contributed by atoms with van der Waals surface area (Å²) in [5.74, 6) is 1.48. The average molecular weight is 234 g/mol. The van der Waals surface area contributed by atoms with Gasteiger partial charge in [-0.05, 0) is 12.5 Å². The van der Waals surface area contributed by atoms with E-state index >= 15 is 0 Å². The van der Waals surface area contributed by atoms with Crippen molar-refractivity contribution in [3.63, 3.8) is 0 Å². The molecule has 2 heterocycles. The van der Waals surface area contributed by atoms with Crippen molar-refractivity contribution in [2.75, 3.05) is 7.11 Å². The van der Waals surface area contributed by atoms with Crippen LogP contribution in [0.3, 0.4) is 0 Å². The lowest BCUT2D eigenvalue weighted by Gasteiger charge is -2.02. The van der Waals surface area contributed by atoms with Crippen molar-refractivity contribution in [3.05, 3.63) is 24.3 Å². The van der Waals surface area contributed by atoms with Crippen LogP contribution in [-0.4, -0.2) is 22.2 Å². The van der Waals surface area contributed by atoms with Crippen molar-refractivity contribution in [2.45, 2.75) is 19.4 Å². The SMILES string of the molecule is CCC(N)c1noc(-c2ccncc2OC)n1. The van der Waals surface area contributed by atoms with Gasteiger partial charge in [0.15, 0.2) is 5.82 Å². The summed E-state index contributed by atoms with van der Waals surface area (Å²) in [6.45, 7) is 1.97. The quantitative estimate of drug-likeness (QED) is 0.863. The summed E-state index contributed by atoms with van der Waals surface area (Å²) in [5.41, 5.74) is 6.54. The van der Waals surface area contributed by atoms with E-state index in [-0.39, 0.29) is 6.04 Å². The summed E-state index contributed by atoms with van der Waals surface area (Å²) in [6.07, 6.45) is 3.99. The monoisotopic (exact) mass is 234 g/mol. The summed E-state index contributed by atoms with van der Waals surface area (Å²) in [5, 5.41) is 3.85.